The van der Waals surface area contributed by atoms with Crippen molar-refractivity contribution in [2.75, 3.05) is 11.1 Å². The van der Waals surface area contributed by atoms with Crippen molar-refractivity contribution in [3.63, 3.8) is 0 Å². The summed E-state index contributed by atoms with van der Waals surface area (Å²) in [5.41, 5.74) is 8.79. The second-order valence-electron chi connectivity index (χ2n) is 6.31. The molecule has 110 valence electrons. The molecule has 2 aromatic rings. The number of benzene rings is 1. The van der Waals surface area contributed by atoms with Crippen molar-refractivity contribution in [3.8, 4) is 0 Å². The Morgan fingerprint density at radius 1 is 1.29 bits per heavy atom. The fourth-order valence-corrected chi connectivity index (χ4v) is 3.13. The minimum atomic E-state index is -0.565. The van der Waals surface area contributed by atoms with Gasteiger partial charge < -0.3 is 11.1 Å². The van der Waals surface area contributed by atoms with Gasteiger partial charge in [-0.25, -0.2) is 0 Å². The van der Waals surface area contributed by atoms with Gasteiger partial charge in [-0.15, -0.1) is 0 Å². The van der Waals surface area contributed by atoms with Crippen LogP contribution < -0.4 is 21.9 Å². The van der Waals surface area contributed by atoms with Gasteiger partial charge in [-0.2, -0.15) is 0 Å². The molecule has 1 aliphatic rings. The maximum absolute atomic E-state index is 11.5. The molecule has 1 aliphatic carbocycles. The number of anilines is 2. The lowest BCUT2D eigenvalue weighted by Crippen LogP contribution is -2.37. The van der Waals surface area contributed by atoms with Gasteiger partial charge >= 0.3 is 0 Å². The van der Waals surface area contributed by atoms with Crippen LogP contribution in [0.25, 0.3) is 0 Å². The monoisotopic (exact) mass is 284 g/mol. The molecular formula is C17H20N2O2. The quantitative estimate of drug-likeness (QED) is 0.844. The molecule has 1 unspecified atom stereocenters. The van der Waals surface area contributed by atoms with Gasteiger partial charge in [0, 0.05) is 0 Å². The third-order valence-electron chi connectivity index (χ3n) is 4.20. The molecule has 3 N–H and O–H groups in total. The summed E-state index contributed by atoms with van der Waals surface area (Å²) in [7, 11) is 0. The number of hydrogen-bond acceptors (Lipinski definition) is 4. The summed E-state index contributed by atoms with van der Waals surface area (Å²) in [6.45, 7) is 4.40. The van der Waals surface area contributed by atoms with Gasteiger partial charge in [0.1, 0.15) is 11.4 Å². The molecule has 21 heavy (non-hydrogen) atoms. The summed E-state index contributed by atoms with van der Waals surface area (Å²) in [6, 6.07) is 6.67. The van der Waals surface area contributed by atoms with Gasteiger partial charge in [0.25, 0.3) is 10.9 Å². The highest BCUT2D eigenvalue weighted by atomic mass is 16.2. The lowest BCUT2D eigenvalue weighted by atomic mass is 9.98. The predicted molar refractivity (Wildman–Crippen MR) is 85.4 cm³/mol. The second-order valence-corrected chi connectivity index (χ2v) is 6.31. The number of nitrogens with two attached hydrogens (primary N) is 1. The van der Waals surface area contributed by atoms with E-state index in [0.717, 1.165) is 19.3 Å². The molecule has 0 saturated heterocycles. The van der Waals surface area contributed by atoms with Gasteiger partial charge in [0.2, 0.25) is 0 Å². The van der Waals surface area contributed by atoms with E-state index in [1.165, 1.54) is 16.7 Å². The highest BCUT2D eigenvalue weighted by Gasteiger charge is 2.27. The Morgan fingerprint density at radius 3 is 2.71 bits per heavy atom. The first kappa shape index (κ1) is 13.9. The number of rotatable bonds is 4. The molecule has 4 nitrogen and oxygen atoms in total. The third kappa shape index (κ3) is 2.35. The van der Waals surface area contributed by atoms with Crippen LogP contribution in [0.1, 0.15) is 43.0 Å². The van der Waals surface area contributed by atoms with E-state index in [9.17, 15) is 9.59 Å². The van der Waals surface area contributed by atoms with Crippen molar-refractivity contribution in [2.24, 2.45) is 5.92 Å². The summed E-state index contributed by atoms with van der Waals surface area (Å²) >= 11 is 0. The molecule has 0 heterocycles. The van der Waals surface area contributed by atoms with Crippen molar-refractivity contribution in [2.45, 2.75) is 39.2 Å². The SMILES string of the molecule is CC(C)Cc1ccc2c(c1)C(Nc1c(N)c(=O)c1=O)CC2. The number of aryl methyl sites for hydroxylation is 1. The summed E-state index contributed by atoms with van der Waals surface area (Å²) < 4.78 is 0. The minimum absolute atomic E-state index is 0.0757. The summed E-state index contributed by atoms with van der Waals surface area (Å²) in [4.78, 5) is 22.7. The standard InChI is InChI=1S/C17H20N2O2/c1-9(2)7-10-3-4-11-5-6-13(12(11)8-10)19-15-14(18)16(20)17(15)21/h3-4,8-9,13,19H,5-7,18H2,1-2H3. The first-order valence-electron chi connectivity index (χ1n) is 7.44. The maximum atomic E-state index is 11.5. The first-order valence-corrected chi connectivity index (χ1v) is 7.44. The highest BCUT2D eigenvalue weighted by molar-refractivity contribution is 5.72. The average molecular weight is 284 g/mol. The van der Waals surface area contributed by atoms with Crippen molar-refractivity contribution >= 4 is 11.4 Å². The van der Waals surface area contributed by atoms with Crippen LogP contribution in [0, 0.1) is 5.92 Å². The van der Waals surface area contributed by atoms with E-state index in [1.54, 1.807) is 0 Å². The van der Waals surface area contributed by atoms with Crippen LogP contribution in [0.5, 0.6) is 0 Å². The highest BCUT2D eigenvalue weighted by Crippen LogP contribution is 2.35. The van der Waals surface area contributed by atoms with Gasteiger partial charge in [-0.1, -0.05) is 32.0 Å². The molecular weight excluding hydrogens is 264 g/mol. The average Bonchev–Trinajstić information content (AvgIpc) is 2.85. The number of hydrogen-bond donors (Lipinski definition) is 2. The van der Waals surface area contributed by atoms with Crippen LogP contribution in [0.3, 0.4) is 0 Å². The Bertz CT molecular complexity index is 755. The Morgan fingerprint density at radius 2 is 2.05 bits per heavy atom. The van der Waals surface area contributed by atoms with E-state index in [-0.39, 0.29) is 11.7 Å². The Balaban J connectivity index is 1.86. The smallest absolute Gasteiger partial charge is 0.253 e. The topological polar surface area (TPSA) is 72.2 Å². The lowest BCUT2D eigenvalue weighted by Gasteiger charge is -2.18. The Hall–Kier alpha value is -2.10. The van der Waals surface area contributed by atoms with Crippen molar-refractivity contribution < 1.29 is 0 Å². The molecule has 0 amide bonds. The molecule has 3 rings (SSSR count). The maximum Gasteiger partial charge on any atom is 0.253 e. The van der Waals surface area contributed by atoms with Gasteiger partial charge in [0.05, 0.1) is 6.04 Å². The summed E-state index contributed by atoms with van der Waals surface area (Å²) in [5, 5.41) is 3.17. The predicted octanol–water partition coefficient (Wildman–Crippen LogP) is 2.16. The second kappa shape index (κ2) is 5.02. The van der Waals surface area contributed by atoms with Crippen LogP contribution in [0.4, 0.5) is 11.4 Å². The molecule has 0 fully saturated rings. The van der Waals surface area contributed by atoms with E-state index >= 15 is 0 Å². The number of nitrogen functional groups attached to an aromatic ring is 1. The molecule has 2 aromatic carbocycles. The van der Waals surface area contributed by atoms with E-state index in [2.05, 4.69) is 37.4 Å². The van der Waals surface area contributed by atoms with Crippen molar-refractivity contribution in [1.29, 1.82) is 0 Å². The third-order valence-corrected chi connectivity index (χ3v) is 4.20. The number of fused-ring (bicyclic) bond motifs is 1. The van der Waals surface area contributed by atoms with Gasteiger partial charge in [0.15, 0.2) is 0 Å². The molecule has 0 saturated carbocycles. The normalized spacial score (nSPS) is 17.4. The van der Waals surface area contributed by atoms with E-state index in [1.807, 2.05) is 0 Å². The molecule has 0 radical (unpaired) electrons. The lowest BCUT2D eigenvalue weighted by molar-refractivity contribution is 0.646. The summed E-state index contributed by atoms with van der Waals surface area (Å²) in [5.74, 6) is 0.611. The van der Waals surface area contributed by atoms with E-state index in [0.29, 0.717) is 11.6 Å². The summed E-state index contributed by atoms with van der Waals surface area (Å²) in [6.07, 6.45) is 2.96. The van der Waals surface area contributed by atoms with E-state index in [4.69, 9.17) is 5.73 Å². The molecule has 0 aromatic heterocycles. The zero-order chi connectivity index (χ0) is 15.1. The zero-order valence-electron chi connectivity index (χ0n) is 12.4. The largest absolute Gasteiger partial charge is 0.394 e. The van der Waals surface area contributed by atoms with Crippen LogP contribution >= 0.6 is 0 Å². The minimum Gasteiger partial charge on any atom is -0.394 e. The van der Waals surface area contributed by atoms with Crippen molar-refractivity contribution in [1.82, 2.24) is 0 Å². The molecule has 4 heteroatoms. The number of nitrogens with one attached hydrogen (secondary N) is 1. The van der Waals surface area contributed by atoms with Gasteiger partial charge in [-0.05, 0) is 41.9 Å². The Labute approximate surface area is 123 Å². The first-order chi connectivity index (χ1) is 9.97. The van der Waals surface area contributed by atoms with E-state index < -0.39 is 10.9 Å². The van der Waals surface area contributed by atoms with Crippen LogP contribution in [-0.2, 0) is 12.8 Å². The zero-order valence-corrected chi connectivity index (χ0v) is 12.4. The molecule has 0 bridgehead atoms. The molecule has 1 atom stereocenters. The van der Waals surface area contributed by atoms with Gasteiger partial charge in [-0.3, -0.25) is 9.59 Å². The van der Waals surface area contributed by atoms with Crippen LogP contribution in [-0.4, -0.2) is 0 Å². The van der Waals surface area contributed by atoms with Crippen LogP contribution in [0.2, 0.25) is 0 Å². The molecule has 0 aliphatic heterocycles. The van der Waals surface area contributed by atoms with Crippen LogP contribution in [0.15, 0.2) is 27.8 Å². The fourth-order valence-electron chi connectivity index (χ4n) is 3.13. The fraction of sp³-hybridized carbons (Fsp3) is 0.412. The van der Waals surface area contributed by atoms with Crippen molar-refractivity contribution in [3.05, 3.63) is 55.3 Å². The Kier molecular flexibility index (Phi) is 3.32. The molecule has 0 spiro atoms.